The molecule has 0 radical (unpaired) electrons. The molecule has 0 fully saturated rings. The fourth-order valence-corrected chi connectivity index (χ4v) is 2.04. The SMILES string of the molecule is Cn1ncc2c(=O)n(Cc3cccnc3CN)nnc21. The Bertz CT molecular complexity index is 820. The van der Waals surface area contributed by atoms with E-state index >= 15 is 0 Å². The molecule has 0 spiro atoms. The first-order valence-corrected chi connectivity index (χ1v) is 6.09. The average molecular weight is 271 g/mol. The van der Waals surface area contributed by atoms with E-state index in [1.165, 1.54) is 15.6 Å². The third kappa shape index (κ3) is 1.95. The van der Waals surface area contributed by atoms with Gasteiger partial charge in [0.05, 0.1) is 18.4 Å². The summed E-state index contributed by atoms with van der Waals surface area (Å²) in [6.45, 7) is 0.602. The Balaban J connectivity index is 2.07. The Kier molecular flexibility index (Phi) is 2.99. The molecular formula is C12H13N7O. The molecule has 3 rings (SSSR count). The second-order valence-electron chi connectivity index (χ2n) is 4.37. The number of nitrogens with zero attached hydrogens (tertiary/aromatic N) is 6. The molecule has 3 aromatic heterocycles. The van der Waals surface area contributed by atoms with Gasteiger partial charge in [-0.05, 0) is 11.6 Å². The van der Waals surface area contributed by atoms with Gasteiger partial charge in [-0.15, -0.1) is 5.10 Å². The predicted molar refractivity (Wildman–Crippen MR) is 71.8 cm³/mol. The van der Waals surface area contributed by atoms with Crippen molar-refractivity contribution in [3.05, 3.63) is 46.1 Å². The zero-order valence-electron chi connectivity index (χ0n) is 10.9. The number of pyridine rings is 1. The van der Waals surface area contributed by atoms with Gasteiger partial charge in [0, 0.05) is 19.8 Å². The molecule has 0 aliphatic carbocycles. The van der Waals surface area contributed by atoms with Crippen LogP contribution in [-0.2, 0) is 20.1 Å². The van der Waals surface area contributed by atoms with E-state index in [4.69, 9.17) is 5.73 Å². The van der Waals surface area contributed by atoms with Crippen molar-refractivity contribution in [3.63, 3.8) is 0 Å². The minimum Gasteiger partial charge on any atom is -0.325 e. The molecule has 0 unspecified atom stereocenters. The molecule has 3 heterocycles. The smallest absolute Gasteiger partial charge is 0.281 e. The zero-order valence-corrected chi connectivity index (χ0v) is 10.9. The van der Waals surface area contributed by atoms with Gasteiger partial charge in [0.1, 0.15) is 5.39 Å². The number of rotatable bonds is 3. The van der Waals surface area contributed by atoms with Crippen LogP contribution in [0.2, 0.25) is 0 Å². The lowest BCUT2D eigenvalue weighted by molar-refractivity contribution is 0.590. The van der Waals surface area contributed by atoms with Crippen molar-refractivity contribution >= 4 is 11.0 Å². The van der Waals surface area contributed by atoms with E-state index in [2.05, 4.69) is 20.4 Å². The summed E-state index contributed by atoms with van der Waals surface area (Å²) in [4.78, 5) is 16.5. The van der Waals surface area contributed by atoms with Gasteiger partial charge >= 0.3 is 0 Å². The third-order valence-corrected chi connectivity index (χ3v) is 3.12. The molecule has 0 aliphatic rings. The summed E-state index contributed by atoms with van der Waals surface area (Å²) in [6, 6.07) is 3.67. The lowest BCUT2D eigenvalue weighted by Crippen LogP contribution is -2.25. The van der Waals surface area contributed by atoms with Gasteiger partial charge < -0.3 is 5.73 Å². The minimum atomic E-state index is -0.227. The second kappa shape index (κ2) is 4.82. The summed E-state index contributed by atoms with van der Waals surface area (Å²) in [5.41, 5.74) is 7.48. The number of aryl methyl sites for hydroxylation is 1. The summed E-state index contributed by atoms with van der Waals surface area (Å²) >= 11 is 0. The van der Waals surface area contributed by atoms with E-state index in [0.717, 1.165) is 11.3 Å². The highest BCUT2D eigenvalue weighted by atomic mass is 16.1. The molecule has 0 aliphatic heterocycles. The average Bonchev–Trinajstić information content (AvgIpc) is 2.85. The first-order valence-electron chi connectivity index (χ1n) is 6.09. The third-order valence-electron chi connectivity index (χ3n) is 3.12. The predicted octanol–water partition coefficient (Wildman–Crippen LogP) is -0.573. The number of aromatic nitrogens is 6. The van der Waals surface area contributed by atoms with E-state index in [0.29, 0.717) is 17.6 Å². The summed E-state index contributed by atoms with van der Waals surface area (Å²) in [5.74, 6) is 0. The second-order valence-corrected chi connectivity index (χ2v) is 4.37. The Labute approximate surface area is 113 Å². The van der Waals surface area contributed by atoms with Gasteiger partial charge in [-0.2, -0.15) is 5.10 Å². The Morgan fingerprint density at radius 3 is 3.05 bits per heavy atom. The van der Waals surface area contributed by atoms with E-state index in [1.807, 2.05) is 6.07 Å². The van der Waals surface area contributed by atoms with E-state index < -0.39 is 0 Å². The first-order chi connectivity index (χ1) is 9.70. The van der Waals surface area contributed by atoms with Crippen LogP contribution in [0.3, 0.4) is 0 Å². The molecule has 102 valence electrons. The molecule has 8 nitrogen and oxygen atoms in total. The zero-order chi connectivity index (χ0) is 14.1. The largest absolute Gasteiger partial charge is 0.325 e. The standard InChI is InChI=1S/C12H13N7O/c1-18-11-9(6-15-18)12(20)19(17-16-11)7-8-3-2-4-14-10(8)5-13/h2-4,6H,5,7,13H2,1H3. The van der Waals surface area contributed by atoms with Crippen LogP contribution in [0.4, 0.5) is 0 Å². The summed E-state index contributed by atoms with van der Waals surface area (Å²) in [5, 5.41) is 12.4. The van der Waals surface area contributed by atoms with Gasteiger partial charge in [0.25, 0.3) is 5.56 Å². The Hall–Kier alpha value is -2.61. The van der Waals surface area contributed by atoms with Crippen molar-refractivity contribution in [3.8, 4) is 0 Å². The van der Waals surface area contributed by atoms with Crippen LogP contribution in [0.5, 0.6) is 0 Å². The molecule has 0 aromatic carbocycles. The van der Waals surface area contributed by atoms with Crippen molar-refractivity contribution in [1.82, 2.24) is 29.8 Å². The summed E-state index contributed by atoms with van der Waals surface area (Å²) in [7, 11) is 1.72. The number of hydrogen-bond acceptors (Lipinski definition) is 6. The van der Waals surface area contributed by atoms with Gasteiger partial charge in [0.2, 0.25) is 0 Å². The maximum atomic E-state index is 12.3. The number of fused-ring (bicyclic) bond motifs is 1. The van der Waals surface area contributed by atoms with Crippen LogP contribution in [0, 0.1) is 0 Å². The van der Waals surface area contributed by atoms with Crippen LogP contribution in [0.25, 0.3) is 11.0 Å². The fraction of sp³-hybridized carbons (Fsp3) is 0.250. The molecule has 0 amide bonds. The van der Waals surface area contributed by atoms with Crippen LogP contribution in [0.15, 0.2) is 29.3 Å². The number of nitrogens with two attached hydrogens (primary N) is 1. The van der Waals surface area contributed by atoms with Crippen molar-refractivity contribution in [2.75, 3.05) is 0 Å². The van der Waals surface area contributed by atoms with Gasteiger partial charge in [-0.1, -0.05) is 11.3 Å². The number of hydrogen-bond donors (Lipinski definition) is 1. The summed E-state index contributed by atoms with van der Waals surface area (Å²) in [6.07, 6.45) is 3.17. The van der Waals surface area contributed by atoms with Crippen LogP contribution in [-0.4, -0.2) is 29.8 Å². The lowest BCUT2D eigenvalue weighted by Gasteiger charge is -2.07. The van der Waals surface area contributed by atoms with Crippen LogP contribution >= 0.6 is 0 Å². The monoisotopic (exact) mass is 271 g/mol. The fourth-order valence-electron chi connectivity index (χ4n) is 2.04. The molecule has 2 N–H and O–H groups in total. The van der Waals surface area contributed by atoms with Crippen molar-refractivity contribution in [1.29, 1.82) is 0 Å². The highest BCUT2D eigenvalue weighted by Gasteiger charge is 2.11. The first kappa shape index (κ1) is 12.4. The molecule has 0 atom stereocenters. The molecular weight excluding hydrogens is 258 g/mol. The van der Waals surface area contributed by atoms with Gasteiger partial charge in [-0.3, -0.25) is 9.78 Å². The molecule has 0 saturated carbocycles. The lowest BCUT2D eigenvalue weighted by atomic mass is 10.2. The van der Waals surface area contributed by atoms with Gasteiger partial charge in [-0.25, -0.2) is 9.36 Å². The maximum Gasteiger partial charge on any atom is 0.281 e. The van der Waals surface area contributed by atoms with Crippen molar-refractivity contribution in [2.24, 2.45) is 12.8 Å². The molecule has 20 heavy (non-hydrogen) atoms. The van der Waals surface area contributed by atoms with E-state index in [1.54, 1.807) is 19.3 Å². The maximum absolute atomic E-state index is 12.3. The normalized spacial score (nSPS) is 11.1. The molecule has 3 aromatic rings. The van der Waals surface area contributed by atoms with Crippen LogP contribution in [0.1, 0.15) is 11.3 Å². The topological polar surface area (TPSA) is 105 Å². The summed E-state index contributed by atoms with van der Waals surface area (Å²) < 4.78 is 2.81. The quantitative estimate of drug-likeness (QED) is 0.684. The van der Waals surface area contributed by atoms with Gasteiger partial charge in [0.15, 0.2) is 5.65 Å². The highest BCUT2D eigenvalue weighted by molar-refractivity contribution is 5.72. The van der Waals surface area contributed by atoms with Crippen molar-refractivity contribution < 1.29 is 0 Å². The molecule has 0 saturated heterocycles. The van der Waals surface area contributed by atoms with E-state index in [9.17, 15) is 4.79 Å². The highest BCUT2D eigenvalue weighted by Crippen LogP contribution is 2.07. The van der Waals surface area contributed by atoms with Crippen LogP contribution < -0.4 is 11.3 Å². The molecule has 8 heteroatoms. The Morgan fingerprint density at radius 1 is 1.40 bits per heavy atom. The minimum absolute atomic E-state index is 0.227. The van der Waals surface area contributed by atoms with E-state index in [-0.39, 0.29) is 12.1 Å². The van der Waals surface area contributed by atoms with Crippen molar-refractivity contribution in [2.45, 2.75) is 13.1 Å². The Morgan fingerprint density at radius 2 is 2.25 bits per heavy atom. The molecule has 0 bridgehead atoms.